The van der Waals surface area contributed by atoms with Crippen molar-refractivity contribution in [3.8, 4) is 11.1 Å². The van der Waals surface area contributed by atoms with Gasteiger partial charge in [0.1, 0.15) is 0 Å². The fraction of sp³-hybridized carbons (Fsp3) is 0.222. The molecule has 4 nitrogen and oxygen atoms in total. The highest BCUT2D eigenvalue weighted by Gasteiger charge is 2.39. The van der Waals surface area contributed by atoms with Gasteiger partial charge in [-0.25, -0.2) is 18.6 Å². The summed E-state index contributed by atoms with van der Waals surface area (Å²) in [5.41, 5.74) is 2.87. The van der Waals surface area contributed by atoms with Crippen molar-refractivity contribution in [1.29, 1.82) is 0 Å². The zero-order valence-corrected chi connectivity index (χ0v) is 13.2. The Kier molecular flexibility index (Phi) is 4.05. The van der Waals surface area contributed by atoms with Gasteiger partial charge in [0.2, 0.25) is 17.8 Å². The van der Waals surface area contributed by atoms with E-state index in [1.807, 2.05) is 0 Å². The van der Waals surface area contributed by atoms with Gasteiger partial charge < -0.3 is 0 Å². The second kappa shape index (κ2) is 6.03. The molecule has 0 saturated heterocycles. The van der Waals surface area contributed by atoms with Crippen LogP contribution in [0.1, 0.15) is 29.9 Å². The molecule has 2 heterocycles. The van der Waals surface area contributed by atoms with Crippen molar-refractivity contribution in [2.24, 2.45) is 0 Å². The first-order valence-corrected chi connectivity index (χ1v) is 7.45. The van der Waals surface area contributed by atoms with E-state index in [-0.39, 0.29) is 23.8 Å². The van der Waals surface area contributed by atoms with Crippen LogP contribution in [0, 0.1) is 0 Å². The van der Waals surface area contributed by atoms with Gasteiger partial charge in [-0.3, -0.25) is 4.79 Å². The predicted octanol–water partition coefficient (Wildman–Crippen LogP) is 3.40. The van der Waals surface area contributed by atoms with Gasteiger partial charge in [-0.15, -0.1) is 4.58 Å². The Morgan fingerprint density at radius 1 is 1.25 bits per heavy atom. The third-order valence-electron chi connectivity index (χ3n) is 3.95. The van der Waals surface area contributed by atoms with E-state index in [2.05, 4.69) is 4.98 Å². The highest BCUT2D eigenvalue weighted by atomic mass is 19.3. The lowest BCUT2D eigenvalue weighted by Gasteiger charge is -2.06. The lowest BCUT2D eigenvalue weighted by molar-refractivity contribution is -0.361. The maximum atomic E-state index is 12.6. The molecule has 2 aromatic rings. The van der Waals surface area contributed by atoms with E-state index in [0.717, 1.165) is 0 Å². The van der Waals surface area contributed by atoms with E-state index in [1.165, 1.54) is 17.7 Å². The number of ketones is 1. The van der Waals surface area contributed by atoms with E-state index in [9.17, 15) is 18.4 Å². The highest BCUT2D eigenvalue weighted by Crippen LogP contribution is 2.30. The lowest BCUT2D eigenvalue weighted by atomic mass is 10.0. The minimum Gasteiger partial charge on any atom is -0.280 e. The minimum atomic E-state index is -2.42. The highest BCUT2D eigenvalue weighted by molar-refractivity contribution is 6.46. The third kappa shape index (κ3) is 2.75. The number of amides is 1. The average molecular weight is 329 g/mol. The summed E-state index contributed by atoms with van der Waals surface area (Å²) in [5.74, 6) is -0.553. The number of halogens is 2. The number of alkyl halides is 2. The smallest absolute Gasteiger partial charge is 0.280 e. The first-order chi connectivity index (χ1) is 11.4. The van der Waals surface area contributed by atoms with Gasteiger partial charge in [-0.2, -0.15) is 0 Å². The number of carbonyl (C=O) groups is 2. The summed E-state index contributed by atoms with van der Waals surface area (Å²) in [4.78, 5) is 28.2. The van der Waals surface area contributed by atoms with Crippen LogP contribution in [0.5, 0.6) is 0 Å². The molecule has 0 fully saturated rings. The molecule has 0 unspecified atom stereocenters. The number of Topliss-reactive ketones (excluding diaryl/α,β-unsaturated/α-hetero) is 1. The SMILES string of the molecule is CC(=O)[N+]1=C(C)C(=O)c2ncc(-c3cccc(CC(F)F)c3)cc21. The van der Waals surface area contributed by atoms with E-state index in [0.29, 0.717) is 28.1 Å². The van der Waals surface area contributed by atoms with Crippen LogP contribution in [0.2, 0.25) is 0 Å². The predicted molar refractivity (Wildman–Crippen MR) is 85.0 cm³/mol. The molecule has 0 radical (unpaired) electrons. The maximum Gasteiger partial charge on any atom is 0.389 e. The summed E-state index contributed by atoms with van der Waals surface area (Å²) in [6, 6.07) is 8.48. The zero-order chi connectivity index (χ0) is 17.4. The third-order valence-corrected chi connectivity index (χ3v) is 3.95. The molecule has 3 rings (SSSR count). The topological polar surface area (TPSA) is 50.0 Å². The maximum absolute atomic E-state index is 12.6. The molecule has 24 heavy (non-hydrogen) atoms. The Morgan fingerprint density at radius 2 is 2.00 bits per heavy atom. The van der Waals surface area contributed by atoms with Crippen molar-refractivity contribution in [2.45, 2.75) is 26.7 Å². The molecule has 1 aliphatic rings. The van der Waals surface area contributed by atoms with Crippen LogP contribution in [0.25, 0.3) is 11.1 Å². The monoisotopic (exact) mass is 329 g/mol. The molecule has 122 valence electrons. The Hall–Kier alpha value is -2.76. The van der Waals surface area contributed by atoms with E-state index < -0.39 is 6.43 Å². The summed E-state index contributed by atoms with van der Waals surface area (Å²) in [6.45, 7) is 2.95. The van der Waals surface area contributed by atoms with Crippen molar-refractivity contribution in [3.05, 3.63) is 47.8 Å². The molecule has 0 atom stereocenters. The Balaban J connectivity index is 2.07. The normalized spacial score (nSPS) is 13.6. The molecule has 0 bridgehead atoms. The standard InChI is InChI=1S/C18H15F2N2O2/c1-10-18(24)17-15(22(10)11(2)23)8-14(9-21-17)13-5-3-4-12(6-13)7-16(19)20/h3-6,8-9,16H,7H2,1-2H3/q+1. The molecule has 1 aliphatic heterocycles. The van der Waals surface area contributed by atoms with Crippen molar-refractivity contribution < 1.29 is 22.9 Å². The average Bonchev–Trinajstić information content (AvgIpc) is 2.78. The van der Waals surface area contributed by atoms with Gasteiger partial charge >= 0.3 is 5.91 Å². The molecule has 6 heteroatoms. The minimum absolute atomic E-state index is 0.232. The van der Waals surface area contributed by atoms with Crippen molar-refractivity contribution in [3.63, 3.8) is 0 Å². The molecule has 1 aromatic heterocycles. The fourth-order valence-electron chi connectivity index (χ4n) is 2.87. The largest absolute Gasteiger partial charge is 0.389 e. The molecule has 1 aromatic carbocycles. The zero-order valence-electron chi connectivity index (χ0n) is 13.2. The molecule has 1 amide bonds. The fourth-order valence-corrected chi connectivity index (χ4v) is 2.87. The number of benzene rings is 1. The second-order valence-corrected chi connectivity index (χ2v) is 5.66. The number of hydrogen-bond donors (Lipinski definition) is 0. The summed E-state index contributed by atoms with van der Waals surface area (Å²) < 4.78 is 26.5. The number of fused-ring (bicyclic) bond motifs is 1. The second-order valence-electron chi connectivity index (χ2n) is 5.66. The summed E-state index contributed by atoms with van der Waals surface area (Å²) in [7, 11) is 0. The Bertz CT molecular complexity index is 888. The first-order valence-electron chi connectivity index (χ1n) is 7.45. The number of rotatable bonds is 3. The number of hydrogen-bond acceptors (Lipinski definition) is 3. The number of nitrogens with zero attached hydrogens (tertiary/aromatic N) is 2. The number of carbonyl (C=O) groups excluding carboxylic acids is 2. The summed E-state index contributed by atoms with van der Waals surface area (Å²) >= 11 is 0. The lowest BCUT2D eigenvalue weighted by Crippen LogP contribution is -2.18. The van der Waals surface area contributed by atoms with Crippen LogP contribution in [0.3, 0.4) is 0 Å². The summed E-state index contributed by atoms with van der Waals surface area (Å²) in [5, 5.41) is 0. The van der Waals surface area contributed by atoms with Gasteiger partial charge in [0.15, 0.2) is 5.69 Å². The van der Waals surface area contributed by atoms with Crippen LogP contribution in [-0.2, 0) is 11.2 Å². The van der Waals surface area contributed by atoms with Gasteiger partial charge in [-0.05, 0) is 11.1 Å². The molecule has 0 N–H and O–H groups in total. The van der Waals surface area contributed by atoms with Gasteiger partial charge in [-0.1, -0.05) is 24.3 Å². The number of aromatic nitrogens is 1. The van der Waals surface area contributed by atoms with Crippen LogP contribution in [-0.4, -0.2) is 33.4 Å². The van der Waals surface area contributed by atoms with Crippen LogP contribution < -0.4 is 0 Å². The first kappa shape index (κ1) is 16.1. The van der Waals surface area contributed by atoms with Crippen molar-refractivity contribution in [2.75, 3.05) is 0 Å². The van der Waals surface area contributed by atoms with E-state index in [1.54, 1.807) is 37.3 Å². The van der Waals surface area contributed by atoms with Gasteiger partial charge in [0.05, 0.1) is 6.92 Å². The quantitative estimate of drug-likeness (QED) is 0.811. The summed E-state index contributed by atoms with van der Waals surface area (Å²) in [6.07, 6.45) is -1.21. The Morgan fingerprint density at radius 3 is 2.67 bits per heavy atom. The Labute approximate surface area is 137 Å². The van der Waals surface area contributed by atoms with E-state index in [4.69, 9.17) is 0 Å². The van der Waals surface area contributed by atoms with Gasteiger partial charge in [0, 0.05) is 31.2 Å². The molecule has 0 aliphatic carbocycles. The molecular weight excluding hydrogens is 314 g/mol. The van der Waals surface area contributed by atoms with Crippen LogP contribution in [0.15, 0.2) is 36.5 Å². The number of pyridine rings is 1. The molecule has 0 saturated carbocycles. The van der Waals surface area contributed by atoms with E-state index >= 15 is 0 Å². The molecule has 0 spiro atoms. The molecular formula is C18H15F2N2O2+. The van der Waals surface area contributed by atoms with Crippen LogP contribution >= 0.6 is 0 Å². The van der Waals surface area contributed by atoms with Crippen molar-refractivity contribution in [1.82, 2.24) is 4.98 Å². The van der Waals surface area contributed by atoms with Crippen LogP contribution in [0.4, 0.5) is 14.5 Å². The van der Waals surface area contributed by atoms with Crippen molar-refractivity contribution >= 4 is 23.1 Å². The van der Waals surface area contributed by atoms with Gasteiger partial charge in [0.25, 0.3) is 5.78 Å².